The highest BCUT2D eigenvalue weighted by atomic mass is 16.5. The Hall–Kier alpha value is -1.72. The molecule has 1 aromatic carbocycles. The van der Waals surface area contributed by atoms with Crippen LogP contribution < -0.4 is 25.5 Å². The Morgan fingerprint density at radius 3 is 2.11 bits per heavy atom. The molecule has 3 N–H and O–H groups in total. The zero-order valence-electron chi connectivity index (χ0n) is 11.9. The largest absolute Gasteiger partial charge is 0.496 e. The molecule has 1 rings (SSSR count). The first-order chi connectivity index (χ1) is 9.07. The molecule has 106 valence electrons. The molecule has 0 aliphatic rings. The Labute approximate surface area is 114 Å². The standard InChI is InChI=1S/C14H22N2O3/c1-9(2)6-11(16-15)10-7-13(18-4)14(19-5)8-12(10)17-3/h7-8,11,16H,1,6,15H2,2-5H3. The topological polar surface area (TPSA) is 65.7 Å². The van der Waals surface area contributed by atoms with Crippen LogP contribution in [0.15, 0.2) is 24.3 Å². The van der Waals surface area contributed by atoms with Crippen molar-refractivity contribution in [3.05, 3.63) is 29.8 Å². The van der Waals surface area contributed by atoms with E-state index in [1.807, 2.05) is 13.0 Å². The van der Waals surface area contributed by atoms with E-state index in [0.717, 1.165) is 11.1 Å². The number of hydrogen-bond acceptors (Lipinski definition) is 5. The van der Waals surface area contributed by atoms with Crippen molar-refractivity contribution in [3.8, 4) is 17.2 Å². The van der Waals surface area contributed by atoms with Crippen molar-refractivity contribution < 1.29 is 14.2 Å². The second kappa shape index (κ2) is 7.01. The van der Waals surface area contributed by atoms with E-state index in [2.05, 4.69) is 12.0 Å². The van der Waals surface area contributed by atoms with E-state index < -0.39 is 0 Å². The number of hydrogen-bond donors (Lipinski definition) is 2. The molecule has 5 heteroatoms. The number of methoxy groups -OCH3 is 3. The fourth-order valence-corrected chi connectivity index (χ4v) is 1.93. The summed E-state index contributed by atoms with van der Waals surface area (Å²) >= 11 is 0. The fraction of sp³-hybridized carbons (Fsp3) is 0.429. The van der Waals surface area contributed by atoms with E-state index in [1.165, 1.54) is 0 Å². The average Bonchev–Trinajstić information content (AvgIpc) is 2.42. The Balaban J connectivity index is 3.26. The molecule has 0 bridgehead atoms. The van der Waals surface area contributed by atoms with E-state index in [-0.39, 0.29) is 6.04 Å². The maximum atomic E-state index is 5.62. The second-order valence-corrected chi connectivity index (χ2v) is 4.33. The van der Waals surface area contributed by atoms with E-state index in [1.54, 1.807) is 27.4 Å². The van der Waals surface area contributed by atoms with Crippen LogP contribution in [0.5, 0.6) is 17.2 Å². The third-order valence-corrected chi connectivity index (χ3v) is 2.87. The van der Waals surface area contributed by atoms with E-state index in [9.17, 15) is 0 Å². The summed E-state index contributed by atoms with van der Waals surface area (Å²) in [6, 6.07) is 3.56. The minimum absolute atomic E-state index is 0.0905. The summed E-state index contributed by atoms with van der Waals surface area (Å²) in [5.41, 5.74) is 4.71. The molecule has 0 radical (unpaired) electrons. The average molecular weight is 266 g/mol. The minimum atomic E-state index is -0.0905. The summed E-state index contributed by atoms with van der Waals surface area (Å²) in [6.45, 7) is 5.86. The molecule has 0 saturated heterocycles. The predicted molar refractivity (Wildman–Crippen MR) is 75.6 cm³/mol. The lowest BCUT2D eigenvalue weighted by Gasteiger charge is -2.21. The van der Waals surface area contributed by atoms with Gasteiger partial charge in [-0.25, -0.2) is 0 Å². The third kappa shape index (κ3) is 3.62. The van der Waals surface area contributed by atoms with Gasteiger partial charge in [-0.1, -0.05) is 5.57 Å². The molecular formula is C14H22N2O3. The maximum absolute atomic E-state index is 5.62. The second-order valence-electron chi connectivity index (χ2n) is 4.33. The molecule has 19 heavy (non-hydrogen) atoms. The zero-order chi connectivity index (χ0) is 14.4. The van der Waals surface area contributed by atoms with E-state index in [0.29, 0.717) is 23.7 Å². The van der Waals surface area contributed by atoms with Crippen molar-refractivity contribution in [2.75, 3.05) is 21.3 Å². The molecule has 0 aliphatic heterocycles. The Kier molecular flexibility index (Phi) is 5.66. The molecule has 0 amide bonds. The maximum Gasteiger partial charge on any atom is 0.164 e. The molecule has 1 aromatic rings. The molecule has 0 saturated carbocycles. The van der Waals surface area contributed by atoms with E-state index in [4.69, 9.17) is 20.1 Å². The zero-order valence-corrected chi connectivity index (χ0v) is 11.9. The highest BCUT2D eigenvalue weighted by molar-refractivity contribution is 5.52. The summed E-state index contributed by atoms with van der Waals surface area (Å²) < 4.78 is 15.9. The van der Waals surface area contributed by atoms with Crippen molar-refractivity contribution in [2.24, 2.45) is 5.84 Å². The first kappa shape index (κ1) is 15.3. The minimum Gasteiger partial charge on any atom is -0.496 e. The number of benzene rings is 1. The molecule has 5 nitrogen and oxygen atoms in total. The van der Waals surface area contributed by atoms with Crippen LogP contribution in [0.1, 0.15) is 24.9 Å². The van der Waals surface area contributed by atoms with Crippen LogP contribution in [0, 0.1) is 0 Å². The molecule has 0 aromatic heterocycles. The summed E-state index contributed by atoms with van der Waals surface area (Å²) in [6.07, 6.45) is 0.711. The van der Waals surface area contributed by atoms with Gasteiger partial charge in [-0.3, -0.25) is 11.3 Å². The highest BCUT2D eigenvalue weighted by Crippen LogP contribution is 2.38. The van der Waals surface area contributed by atoms with Crippen LogP contribution in [-0.4, -0.2) is 21.3 Å². The number of nitrogens with one attached hydrogen (secondary N) is 1. The van der Waals surface area contributed by atoms with Gasteiger partial charge in [-0.2, -0.15) is 0 Å². The van der Waals surface area contributed by atoms with Crippen molar-refractivity contribution in [3.63, 3.8) is 0 Å². The monoisotopic (exact) mass is 266 g/mol. The highest BCUT2D eigenvalue weighted by Gasteiger charge is 2.19. The number of ether oxygens (including phenoxy) is 3. The number of nitrogens with two attached hydrogens (primary N) is 1. The van der Waals surface area contributed by atoms with Crippen LogP contribution >= 0.6 is 0 Å². The van der Waals surface area contributed by atoms with Gasteiger partial charge in [0.2, 0.25) is 0 Å². The summed E-state index contributed by atoms with van der Waals surface area (Å²) in [5.74, 6) is 7.57. The number of hydrazine groups is 1. The molecule has 0 heterocycles. The Morgan fingerprint density at radius 1 is 1.16 bits per heavy atom. The van der Waals surface area contributed by atoms with Crippen molar-refractivity contribution in [1.82, 2.24) is 5.43 Å². The van der Waals surface area contributed by atoms with Crippen LogP contribution in [0.2, 0.25) is 0 Å². The van der Waals surface area contributed by atoms with Crippen LogP contribution in [-0.2, 0) is 0 Å². The lowest BCUT2D eigenvalue weighted by atomic mass is 9.99. The van der Waals surface area contributed by atoms with Gasteiger partial charge in [0, 0.05) is 11.6 Å². The van der Waals surface area contributed by atoms with Gasteiger partial charge in [0.1, 0.15) is 5.75 Å². The van der Waals surface area contributed by atoms with Gasteiger partial charge in [0.15, 0.2) is 11.5 Å². The van der Waals surface area contributed by atoms with Gasteiger partial charge in [-0.15, -0.1) is 6.58 Å². The SMILES string of the molecule is C=C(C)CC(NN)c1cc(OC)c(OC)cc1OC. The number of rotatable bonds is 7. The normalized spacial score (nSPS) is 11.8. The molecule has 1 unspecified atom stereocenters. The van der Waals surface area contributed by atoms with Crippen molar-refractivity contribution in [2.45, 2.75) is 19.4 Å². The first-order valence-corrected chi connectivity index (χ1v) is 5.97. The summed E-state index contributed by atoms with van der Waals surface area (Å²) in [4.78, 5) is 0. The van der Waals surface area contributed by atoms with Crippen LogP contribution in [0.3, 0.4) is 0 Å². The molecule has 0 fully saturated rings. The molecule has 1 atom stereocenters. The summed E-state index contributed by atoms with van der Waals surface area (Å²) in [5, 5.41) is 0. The van der Waals surface area contributed by atoms with Crippen molar-refractivity contribution in [1.29, 1.82) is 0 Å². The summed E-state index contributed by atoms with van der Waals surface area (Å²) in [7, 11) is 4.79. The smallest absolute Gasteiger partial charge is 0.164 e. The van der Waals surface area contributed by atoms with Gasteiger partial charge >= 0.3 is 0 Å². The predicted octanol–water partition coefficient (Wildman–Crippen LogP) is 2.18. The molecular weight excluding hydrogens is 244 g/mol. The van der Waals surface area contributed by atoms with Crippen molar-refractivity contribution >= 4 is 0 Å². The molecule has 0 spiro atoms. The lowest BCUT2D eigenvalue weighted by Crippen LogP contribution is -2.28. The Morgan fingerprint density at radius 2 is 1.68 bits per heavy atom. The third-order valence-electron chi connectivity index (χ3n) is 2.87. The van der Waals surface area contributed by atoms with E-state index >= 15 is 0 Å². The van der Waals surface area contributed by atoms with Gasteiger partial charge in [0.05, 0.1) is 27.4 Å². The lowest BCUT2D eigenvalue weighted by molar-refractivity contribution is 0.345. The first-order valence-electron chi connectivity index (χ1n) is 5.97. The van der Waals surface area contributed by atoms with Gasteiger partial charge < -0.3 is 14.2 Å². The quantitative estimate of drug-likeness (QED) is 0.450. The molecule has 0 aliphatic carbocycles. The van der Waals surface area contributed by atoms with Gasteiger partial charge in [0.25, 0.3) is 0 Å². The fourth-order valence-electron chi connectivity index (χ4n) is 1.93. The van der Waals surface area contributed by atoms with Crippen LogP contribution in [0.4, 0.5) is 0 Å². The van der Waals surface area contributed by atoms with Crippen LogP contribution in [0.25, 0.3) is 0 Å². The van der Waals surface area contributed by atoms with Gasteiger partial charge in [-0.05, 0) is 19.4 Å². The Bertz CT molecular complexity index is 447.